The first-order valence-corrected chi connectivity index (χ1v) is 11.4. The van der Waals surface area contributed by atoms with Crippen LogP contribution in [0.1, 0.15) is 12.0 Å². The van der Waals surface area contributed by atoms with Crippen LogP contribution in [0.2, 0.25) is 0 Å². The summed E-state index contributed by atoms with van der Waals surface area (Å²) in [5.41, 5.74) is 1.88. The van der Waals surface area contributed by atoms with Crippen molar-refractivity contribution in [2.75, 3.05) is 43.3 Å². The van der Waals surface area contributed by atoms with Crippen LogP contribution in [0, 0.1) is 0 Å². The fraction of sp³-hybridized carbons (Fsp3) is 0.381. The third-order valence-electron chi connectivity index (χ3n) is 4.68. The van der Waals surface area contributed by atoms with E-state index in [1.165, 1.54) is 4.31 Å². The minimum Gasteiger partial charge on any atom is -0.494 e. The second-order valence-corrected chi connectivity index (χ2v) is 8.72. The molecule has 0 bridgehead atoms. The van der Waals surface area contributed by atoms with Gasteiger partial charge in [0, 0.05) is 26.7 Å². The summed E-state index contributed by atoms with van der Waals surface area (Å²) in [5.74, 6) is 1.45. The zero-order valence-electron chi connectivity index (χ0n) is 17.1. The Morgan fingerprint density at radius 1 is 1.07 bits per heavy atom. The van der Waals surface area contributed by atoms with Crippen LogP contribution >= 0.6 is 24.0 Å². The highest BCUT2D eigenvalue weighted by molar-refractivity contribution is 14.0. The molecule has 0 saturated carbocycles. The number of halogens is 1. The number of nitrogens with one attached hydrogen (secondary N) is 2. The molecule has 3 rings (SSSR count). The van der Waals surface area contributed by atoms with Gasteiger partial charge in [0.2, 0.25) is 10.0 Å². The highest BCUT2D eigenvalue weighted by Crippen LogP contribution is 2.29. The summed E-state index contributed by atoms with van der Waals surface area (Å²) < 4.78 is 32.6. The lowest BCUT2D eigenvalue weighted by Crippen LogP contribution is -2.42. The molecule has 0 aliphatic carbocycles. The van der Waals surface area contributed by atoms with E-state index in [2.05, 4.69) is 15.6 Å². The van der Waals surface area contributed by atoms with Gasteiger partial charge in [0.15, 0.2) is 5.96 Å². The van der Waals surface area contributed by atoms with Crippen LogP contribution in [0.25, 0.3) is 0 Å². The van der Waals surface area contributed by atoms with Gasteiger partial charge in [-0.25, -0.2) is 8.42 Å². The fourth-order valence-corrected chi connectivity index (χ4v) is 4.64. The molecule has 0 spiro atoms. The Balaban J connectivity index is 0.00000320. The molecule has 1 aliphatic heterocycles. The Bertz CT molecular complexity index is 923. The number of aliphatic imine (C=N–C) groups is 1. The number of guanidine groups is 1. The fourth-order valence-electron chi connectivity index (χ4n) is 3.21. The Morgan fingerprint density at radius 2 is 1.77 bits per heavy atom. The maximum Gasteiger partial charge on any atom is 0.236 e. The van der Waals surface area contributed by atoms with Crippen LogP contribution in [0.4, 0.5) is 5.69 Å². The first kappa shape index (κ1) is 24.3. The molecular weight excluding hydrogens is 515 g/mol. The molecule has 9 heteroatoms. The van der Waals surface area contributed by atoms with E-state index in [1.807, 2.05) is 54.6 Å². The van der Waals surface area contributed by atoms with Crippen molar-refractivity contribution in [3.05, 3.63) is 60.2 Å². The van der Waals surface area contributed by atoms with Crippen LogP contribution in [-0.2, 0) is 16.4 Å². The van der Waals surface area contributed by atoms with Gasteiger partial charge in [-0.05, 0) is 36.6 Å². The normalized spacial score (nSPS) is 13.4. The Morgan fingerprint density at radius 3 is 2.53 bits per heavy atom. The molecule has 2 aromatic rings. The van der Waals surface area contributed by atoms with E-state index in [4.69, 9.17) is 4.74 Å². The van der Waals surface area contributed by atoms with Crippen LogP contribution in [0.3, 0.4) is 0 Å². The van der Waals surface area contributed by atoms with E-state index < -0.39 is 10.0 Å². The van der Waals surface area contributed by atoms with Crippen molar-refractivity contribution in [2.45, 2.75) is 12.8 Å². The van der Waals surface area contributed by atoms with E-state index in [1.54, 1.807) is 7.05 Å². The summed E-state index contributed by atoms with van der Waals surface area (Å²) in [4.78, 5) is 4.14. The third kappa shape index (κ3) is 6.76. The molecule has 30 heavy (non-hydrogen) atoms. The molecule has 1 heterocycles. The molecule has 2 N–H and O–H groups in total. The van der Waals surface area contributed by atoms with Crippen LogP contribution < -0.4 is 19.7 Å². The average Bonchev–Trinajstić information content (AvgIpc) is 3.18. The molecule has 164 valence electrons. The molecule has 7 nitrogen and oxygen atoms in total. The molecule has 0 radical (unpaired) electrons. The molecule has 0 unspecified atom stereocenters. The van der Waals surface area contributed by atoms with Gasteiger partial charge in [0.1, 0.15) is 5.75 Å². The molecule has 1 aliphatic rings. The largest absolute Gasteiger partial charge is 0.494 e. The topological polar surface area (TPSA) is 83.0 Å². The van der Waals surface area contributed by atoms with Crippen molar-refractivity contribution in [3.8, 4) is 5.75 Å². The third-order valence-corrected chi connectivity index (χ3v) is 6.45. The van der Waals surface area contributed by atoms with Gasteiger partial charge in [-0.15, -0.1) is 24.0 Å². The van der Waals surface area contributed by atoms with Crippen molar-refractivity contribution in [3.63, 3.8) is 0 Å². The Kier molecular flexibility index (Phi) is 9.70. The van der Waals surface area contributed by atoms with Crippen molar-refractivity contribution in [1.29, 1.82) is 0 Å². The number of hydrogen-bond donors (Lipinski definition) is 2. The predicted molar refractivity (Wildman–Crippen MR) is 133 cm³/mol. The quantitative estimate of drug-likeness (QED) is 0.220. The number of benzene rings is 2. The Hall–Kier alpha value is -2.01. The summed E-state index contributed by atoms with van der Waals surface area (Å²) in [7, 11) is -1.70. The second-order valence-electron chi connectivity index (χ2n) is 6.71. The number of rotatable bonds is 9. The summed E-state index contributed by atoms with van der Waals surface area (Å²) in [5, 5.41) is 6.25. The smallest absolute Gasteiger partial charge is 0.236 e. The standard InChI is InChI=1S/C21H28N4O3S.HI/c1-22-21(23-13-7-16-28-19-9-3-2-4-10-19)24-14-17-29(26,27)25-15-12-18-8-5-6-11-20(18)25;/h2-6,8-11H,7,12-17H2,1H3,(H2,22,23,24);1H. The first-order valence-electron chi connectivity index (χ1n) is 9.81. The lowest BCUT2D eigenvalue weighted by Gasteiger charge is -2.20. The van der Waals surface area contributed by atoms with E-state index in [9.17, 15) is 8.42 Å². The van der Waals surface area contributed by atoms with Crippen LogP contribution in [0.15, 0.2) is 59.6 Å². The Labute approximate surface area is 196 Å². The number of para-hydroxylation sites is 2. The van der Waals surface area contributed by atoms with Gasteiger partial charge < -0.3 is 15.4 Å². The van der Waals surface area contributed by atoms with Gasteiger partial charge >= 0.3 is 0 Å². The van der Waals surface area contributed by atoms with E-state index >= 15 is 0 Å². The number of fused-ring (bicyclic) bond motifs is 1. The SMILES string of the molecule is CN=C(NCCCOc1ccccc1)NCCS(=O)(=O)N1CCc2ccccc21.I. The number of anilines is 1. The highest BCUT2D eigenvalue weighted by Gasteiger charge is 2.28. The minimum absolute atomic E-state index is 0. The van der Waals surface area contributed by atoms with Gasteiger partial charge in [0.05, 0.1) is 18.0 Å². The van der Waals surface area contributed by atoms with Crippen molar-refractivity contribution < 1.29 is 13.2 Å². The van der Waals surface area contributed by atoms with Crippen LogP contribution in [0.5, 0.6) is 5.75 Å². The van der Waals surface area contributed by atoms with Gasteiger partial charge in [-0.1, -0.05) is 36.4 Å². The zero-order chi connectivity index (χ0) is 20.5. The number of sulfonamides is 1. The van der Waals surface area contributed by atoms with Crippen molar-refractivity contribution in [2.24, 2.45) is 4.99 Å². The number of hydrogen-bond acceptors (Lipinski definition) is 4. The predicted octanol–water partition coefficient (Wildman–Crippen LogP) is 2.63. The molecule has 2 aromatic carbocycles. The summed E-state index contributed by atoms with van der Waals surface area (Å²) >= 11 is 0. The van der Waals surface area contributed by atoms with Gasteiger partial charge in [-0.2, -0.15) is 0 Å². The summed E-state index contributed by atoms with van der Waals surface area (Å²) in [6, 6.07) is 17.3. The minimum atomic E-state index is -3.37. The van der Waals surface area contributed by atoms with E-state index in [0.717, 1.165) is 29.8 Å². The number of nitrogens with zero attached hydrogens (tertiary/aromatic N) is 2. The maximum atomic E-state index is 12.7. The molecular formula is C21H29IN4O3S. The molecule has 0 atom stereocenters. The van der Waals surface area contributed by atoms with Gasteiger partial charge in [-0.3, -0.25) is 9.30 Å². The van der Waals surface area contributed by atoms with Crippen molar-refractivity contribution in [1.82, 2.24) is 10.6 Å². The monoisotopic (exact) mass is 544 g/mol. The maximum absolute atomic E-state index is 12.7. The second kappa shape index (κ2) is 12.0. The van der Waals surface area contributed by atoms with Crippen LogP contribution in [-0.4, -0.2) is 53.4 Å². The highest BCUT2D eigenvalue weighted by atomic mass is 127. The molecule has 0 amide bonds. The molecule has 0 aromatic heterocycles. The van der Waals surface area contributed by atoms with E-state index in [-0.39, 0.29) is 29.7 Å². The van der Waals surface area contributed by atoms with Crippen molar-refractivity contribution >= 4 is 45.6 Å². The summed E-state index contributed by atoms with van der Waals surface area (Å²) in [6.45, 7) is 2.08. The first-order chi connectivity index (χ1) is 14.1. The lowest BCUT2D eigenvalue weighted by molar-refractivity contribution is 0.311. The summed E-state index contributed by atoms with van der Waals surface area (Å²) in [6.07, 6.45) is 1.57. The lowest BCUT2D eigenvalue weighted by atomic mass is 10.2. The number of ether oxygens (including phenoxy) is 1. The molecule has 0 fully saturated rings. The van der Waals surface area contributed by atoms with E-state index in [0.29, 0.717) is 32.2 Å². The van der Waals surface area contributed by atoms with Gasteiger partial charge in [0.25, 0.3) is 0 Å². The zero-order valence-corrected chi connectivity index (χ0v) is 20.2. The molecule has 0 saturated heterocycles. The average molecular weight is 544 g/mol.